The Bertz CT molecular complexity index is 1750. The number of cyclic esters (lactones) is 2. The lowest BCUT2D eigenvalue weighted by Gasteiger charge is -2.36. The first-order chi connectivity index (χ1) is 25.3. The Morgan fingerprint density at radius 3 is 1.72 bits per heavy atom. The molecule has 0 aliphatic carbocycles. The van der Waals surface area contributed by atoms with Gasteiger partial charge in [-0.1, -0.05) is 131 Å². The van der Waals surface area contributed by atoms with Crippen molar-refractivity contribution in [2.75, 3.05) is 0 Å². The summed E-state index contributed by atoms with van der Waals surface area (Å²) < 4.78 is 22.6. The summed E-state index contributed by atoms with van der Waals surface area (Å²) in [6.07, 6.45) is 30.0. The molecule has 1 aliphatic heterocycles. The minimum atomic E-state index is -0.951. The molecule has 4 bridgehead atoms. The van der Waals surface area contributed by atoms with Crippen LogP contribution in [0.15, 0.2) is 125 Å². The van der Waals surface area contributed by atoms with Crippen LogP contribution in [0.25, 0.3) is 6.08 Å². The third-order valence-electron chi connectivity index (χ3n) is 8.74. The molecule has 0 saturated heterocycles. The summed E-state index contributed by atoms with van der Waals surface area (Å²) in [4.78, 5) is 34.7. The molecule has 0 radical (unpaired) electrons. The largest absolute Gasteiger partial charge is 0.457 e. The molecule has 2 aromatic heterocycles. The van der Waals surface area contributed by atoms with Gasteiger partial charge in [0.2, 0.25) is 5.89 Å². The maximum atomic E-state index is 13.2. The number of nitrogens with zero attached hydrogens (tertiary/aromatic N) is 2. The van der Waals surface area contributed by atoms with Crippen LogP contribution in [0.2, 0.25) is 0 Å². The van der Waals surface area contributed by atoms with E-state index in [0.717, 1.165) is 0 Å². The molecular weight excluding hydrogens is 676 g/mol. The van der Waals surface area contributed by atoms with E-state index in [4.69, 9.17) is 18.3 Å². The molecule has 0 fully saturated rings. The number of aromatic nitrogens is 2. The average Bonchev–Trinajstić information content (AvgIpc) is 3.79. The molecular formula is C42H52N2O9. The molecule has 5 unspecified atom stereocenters. The van der Waals surface area contributed by atoms with Gasteiger partial charge in [-0.3, -0.25) is 0 Å². The van der Waals surface area contributed by atoms with Gasteiger partial charge in [0.1, 0.15) is 24.7 Å². The average molecular weight is 729 g/mol. The molecule has 0 amide bonds. The highest BCUT2D eigenvalue weighted by molar-refractivity contribution is 5.87. The van der Waals surface area contributed by atoms with E-state index in [9.17, 15) is 24.9 Å². The number of ether oxygens (including phenoxy) is 2. The maximum absolute atomic E-state index is 13.2. The second-order valence-electron chi connectivity index (χ2n) is 13.6. The summed E-state index contributed by atoms with van der Waals surface area (Å²) in [5, 5.41) is 32.2. The summed E-state index contributed by atoms with van der Waals surface area (Å²) in [6.45, 7) is 10.9. The number of carbonyl (C=O) groups excluding carboxylic acids is 2. The molecule has 53 heavy (non-hydrogen) atoms. The molecule has 11 heteroatoms. The van der Waals surface area contributed by atoms with Crippen LogP contribution >= 0.6 is 0 Å². The molecule has 5 atom stereocenters. The van der Waals surface area contributed by atoms with Crippen LogP contribution < -0.4 is 0 Å². The van der Waals surface area contributed by atoms with Gasteiger partial charge in [-0.05, 0) is 13.8 Å². The lowest BCUT2D eigenvalue weighted by Crippen LogP contribution is -2.42. The quantitative estimate of drug-likeness (QED) is 0.201. The number of carbonyl (C=O) groups is 2. The van der Waals surface area contributed by atoms with Crippen molar-refractivity contribution in [2.24, 2.45) is 10.8 Å². The molecule has 0 aromatic carbocycles. The molecule has 11 nitrogen and oxygen atoms in total. The second-order valence-corrected chi connectivity index (χ2v) is 13.6. The van der Waals surface area contributed by atoms with E-state index in [1.807, 2.05) is 39.8 Å². The summed E-state index contributed by atoms with van der Waals surface area (Å²) in [7, 11) is 0. The molecule has 2 aromatic rings. The minimum Gasteiger partial charge on any atom is -0.457 e. The summed E-state index contributed by atoms with van der Waals surface area (Å²) in [5.74, 6) is -1.03. The number of hydrogen-bond donors (Lipinski definition) is 3. The van der Waals surface area contributed by atoms with Gasteiger partial charge >= 0.3 is 11.9 Å². The van der Waals surface area contributed by atoms with E-state index in [0.29, 0.717) is 12.8 Å². The highest BCUT2D eigenvalue weighted by atomic mass is 16.6. The fourth-order valence-electron chi connectivity index (χ4n) is 5.11. The first-order valence-corrected chi connectivity index (χ1v) is 17.6. The zero-order chi connectivity index (χ0) is 38.9. The van der Waals surface area contributed by atoms with Crippen molar-refractivity contribution >= 4 is 18.0 Å². The Kier molecular flexibility index (Phi) is 16.6. The molecule has 284 valence electrons. The molecule has 3 rings (SSSR count). The van der Waals surface area contributed by atoms with Gasteiger partial charge in [0.25, 0.3) is 0 Å². The zero-order valence-corrected chi connectivity index (χ0v) is 31.2. The lowest BCUT2D eigenvalue weighted by molar-refractivity contribution is -0.0461. The van der Waals surface area contributed by atoms with Gasteiger partial charge in [0.15, 0.2) is 17.3 Å². The number of aliphatic hydroxyl groups excluding tert-OH is 3. The van der Waals surface area contributed by atoms with E-state index >= 15 is 0 Å². The molecule has 0 spiro atoms. The van der Waals surface area contributed by atoms with Gasteiger partial charge in [0.05, 0.1) is 24.7 Å². The molecule has 3 heterocycles. The van der Waals surface area contributed by atoms with Crippen molar-refractivity contribution in [3.8, 4) is 0 Å². The van der Waals surface area contributed by atoms with Gasteiger partial charge in [-0.15, -0.1) is 0 Å². The van der Waals surface area contributed by atoms with E-state index < -0.39 is 53.3 Å². The Balaban J connectivity index is 1.88. The third-order valence-corrected chi connectivity index (χ3v) is 8.74. The van der Waals surface area contributed by atoms with Crippen molar-refractivity contribution in [2.45, 2.75) is 91.3 Å². The molecule has 3 N–H and O–H groups in total. The number of hydrogen-bond acceptors (Lipinski definition) is 11. The van der Waals surface area contributed by atoms with Crippen LogP contribution in [0.5, 0.6) is 0 Å². The van der Waals surface area contributed by atoms with Crippen LogP contribution in [-0.2, 0) is 15.9 Å². The van der Waals surface area contributed by atoms with Crippen LogP contribution in [0, 0.1) is 10.8 Å². The topological polar surface area (TPSA) is 165 Å². The van der Waals surface area contributed by atoms with Crippen molar-refractivity contribution in [1.82, 2.24) is 9.97 Å². The second kappa shape index (κ2) is 20.8. The van der Waals surface area contributed by atoms with Crippen molar-refractivity contribution < 1.29 is 43.2 Å². The SMILES string of the molecule is C/C=C/C(O)C(C)(C)C1C\C=C/C=C\C=C\C(O)Cc2nc(co2)C(=O)OC(C(C)(C)C(O)/C=C/C)C\C=C/C=C\C=C\C=C\c2nc(co2)C(=O)O1. The summed E-state index contributed by atoms with van der Waals surface area (Å²) in [6, 6.07) is 0. The van der Waals surface area contributed by atoms with Crippen LogP contribution in [0.3, 0.4) is 0 Å². The Hall–Kier alpha value is -5.10. The van der Waals surface area contributed by atoms with E-state index in [-0.39, 0.29) is 29.6 Å². The van der Waals surface area contributed by atoms with Gasteiger partial charge < -0.3 is 33.6 Å². The number of rotatable bonds is 6. The lowest BCUT2D eigenvalue weighted by atomic mass is 9.79. The fourth-order valence-corrected chi connectivity index (χ4v) is 5.11. The summed E-state index contributed by atoms with van der Waals surface area (Å²) >= 11 is 0. The van der Waals surface area contributed by atoms with Gasteiger partial charge in [-0.2, -0.15) is 0 Å². The standard InChI is InChI=1S/C42H52N2O9/c1-7-21-33(46)41(3,4)35-25-19-15-12-13-17-23-30(45)27-38-44-32(29-51-38)40(49)53-36(42(5,6)34(47)22-8-2)24-18-14-10-9-11-16-20-26-37-43-31(28-50-37)39(48)52-35/h7-23,26,28-30,33-36,45-47H,24-25,27H2,1-6H3/b10-9-,13-12-,16-11+,18-14-,19-15-,21-7+,22-8+,23-17+,26-20+. The Morgan fingerprint density at radius 1 is 0.698 bits per heavy atom. The highest BCUT2D eigenvalue weighted by Gasteiger charge is 2.39. The Morgan fingerprint density at radius 2 is 1.17 bits per heavy atom. The minimum absolute atomic E-state index is 0.00131. The number of allylic oxidation sites excluding steroid dienone is 12. The first-order valence-electron chi connectivity index (χ1n) is 17.6. The smallest absolute Gasteiger partial charge is 0.360 e. The third kappa shape index (κ3) is 13.1. The van der Waals surface area contributed by atoms with Crippen LogP contribution in [0.4, 0.5) is 0 Å². The number of fused-ring (bicyclic) bond motifs is 4. The molecule has 1 aliphatic rings. The van der Waals surface area contributed by atoms with E-state index in [2.05, 4.69) is 9.97 Å². The van der Waals surface area contributed by atoms with Crippen molar-refractivity contribution in [3.63, 3.8) is 0 Å². The number of oxazole rings is 2. The van der Waals surface area contributed by atoms with Crippen molar-refractivity contribution in [1.29, 1.82) is 0 Å². The van der Waals surface area contributed by atoms with E-state index in [1.54, 1.807) is 111 Å². The van der Waals surface area contributed by atoms with Crippen LogP contribution in [-0.4, -0.2) is 67.7 Å². The van der Waals surface area contributed by atoms with Crippen LogP contribution in [0.1, 0.15) is 87.1 Å². The maximum Gasteiger partial charge on any atom is 0.360 e. The predicted molar refractivity (Wildman–Crippen MR) is 203 cm³/mol. The highest BCUT2D eigenvalue weighted by Crippen LogP contribution is 2.33. The van der Waals surface area contributed by atoms with Crippen molar-refractivity contribution in [3.05, 3.63) is 139 Å². The summed E-state index contributed by atoms with van der Waals surface area (Å²) in [5.41, 5.74) is -1.74. The normalized spacial score (nSPS) is 25.8. The predicted octanol–water partition coefficient (Wildman–Crippen LogP) is 7.39. The van der Waals surface area contributed by atoms with E-state index in [1.165, 1.54) is 12.5 Å². The Labute approximate surface area is 311 Å². The van der Waals surface area contributed by atoms with Gasteiger partial charge in [0, 0.05) is 29.7 Å². The van der Waals surface area contributed by atoms with Gasteiger partial charge in [-0.25, -0.2) is 19.6 Å². The first kappa shape index (κ1) is 42.3. The monoisotopic (exact) mass is 728 g/mol. The number of esters is 2. The fraction of sp³-hybridized carbons (Fsp3) is 0.381. The molecule has 0 saturated carbocycles. The number of aliphatic hydroxyl groups is 3. The zero-order valence-electron chi connectivity index (χ0n) is 31.2.